The zero-order chi connectivity index (χ0) is 39.0. The van der Waals surface area contributed by atoms with Crippen LogP contribution in [-0.4, -0.2) is 97.1 Å². The molecule has 51 heavy (non-hydrogen) atoms. The Morgan fingerprint density at radius 2 is 1.51 bits per heavy atom. The number of unbranched alkanes of at least 4 members (excludes halogenated alkanes) is 1. The number of benzene rings is 2. The van der Waals surface area contributed by atoms with E-state index in [9.17, 15) is 34.8 Å². The van der Waals surface area contributed by atoms with E-state index in [4.69, 9.17) is 45.8 Å². The van der Waals surface area contributed by atoms with Crippen LogP contribution in [0.3, 0.4) is 0 Å². The van der Waals surface area contributed by atoms with Crippen LogP contribution >= 0.6 is 0 Å². The first-order chi connectivity index (χ1) is 23.5. The Labute approximate surface area is 290 Å². The number of piperidine rings is 1. The number of nitrogens with two attached hydrogens (primary N) is 1. The minimum absolute atomic E-state index is 0.0556. The molecule has 1 saturated heterocycles. The fourth-order valence-electron chi connectivity index (χ4n) is 4.22. The number of nitrogens with zero attached hydrogens (tertiary/aromatic N) is 1. The second-order valence-corrected chi connectivity index (χ2v) is 13.0. The van der Waals surface area contributed by atoms with Gasteiger partial charge in [0, 0.05) is 31.5 Å². The van der Waals surface area contributed by atoms with Gasteiger partial charge in [-0.3, -0.25) is 10.8 Å². The van der Waals surface area contributed by atoms with E-state index in [-0.39, 0.29) is 24.3 Å². The van der Waals surface area contributed by atoms with E-state index < -0.39 is 40.4 Å². The van der Waals surface area contributed by atoms with E-state index >= 15 is 0 Å². The number of nitrogen functional groups attached to an aromatic ring is 1. The zero-order valence-corrected chi connectivity index (χ0v) is 28.5. The lowest BCUT2D eigenvalue weighted by Gasteiger charge is -2.32. The molecule has 0 unspecified atom stereocenters. The van der Waals surface area contributed by atoms with Crippen molar-refractivity contribution in [3.05, 3.63) is 59.7 Å². The first kappa shape index (κ1) is 44.4. The highest BCUT2D eigenvalue weighted by molar-refractivity contribution is 7.89. The number of likely N-dealkylation sites (tertiary alicyclic amines) is 1. The van der Waals surface area contributed by atoms with Gasteiger partial charge in [-0.05, 0) is 49.6 Å². The van der Waals surface area contributed by atoms with Crippen molar-refractivity contribution in [2.24, 2.45) is 5.73 Å². The standard InChI is InChI=1S/C27H39N5O4S.2C2HF3O2/c1-3-4-16-37(33,34)31-23(19-35-26-7-5-6-22(18-26)27(29)30)17-21-8-10-24(11-9-21)36-25-12-14-32(15-13-25)20(2)28;2*3-2(4,5)1(6)7/h5-11,18,23,25,28,31H,3-4,12-17,19H2,1-2H3,(H3,29,30);2*(H,6,7)/t23-;;/m0../s1. The maximum atomic E-state index is 12.6. The molecule has 1 fully saturated rings. The molecule has 1 aliphatic rings. The van der Waals surface area contributed by atoms with Crippen LogP contribution in [0, 0.1) is 10.8 Å². The molecule has 1 atom stereocenters. The summed E-state index contributed by atoms with van der Waals surface area (Å²) < 4.78 is 104. The number of hydrogen-bond acceptors (Lipinski definition) is 8. The number of halogens is 6. The lowest BCUT2D eigenvalue weighted by atomic mass is 10.1. The molecule has 0 spiro atoms. The van der Waals surface area contributed by atoms with Crippen molar-refractivity contribution in [2.75, 3.05) is 25.4 Å². The van der Waals surface area contributed by atoms with Gasteiger partial charge in [-0.25, -0.2) is 22.7 Å². The summed E-state index contributed by atoms with van der Waals surface area (Å²) in [5, 5.41) is 29.6. The van der Waals surface area contributed by atoms with E-state index in [0.717, 1.165) is 43.7 Å². The Hall–Kier alpha value is -4.59. The van der Waals surface area contributed by atoms with Gasteiger partial charge in [0.05, 0.1) is 17.6 Å². The first-order valence-electron chi connectivity index (χ1n) is 15.3. The van der Waals surface area contributed by atoms with Crippen LogP contribution in [0.4, 0.5) is 26.3 Å². The summed E-state index contributed by atoms with van der Waals surface area (Å²) in [4.78, 5) is 19.9. The smallest absolute Gasteiger partial charge is 0.490 e. The van der Waals surface area contributed by atoms with Crippen LogP contribution in [0.2, 0.25) is 0 Å². The number of carboxylic acids is 2. The highest BCUT2D eigenvalue weighted by Gasteiger charge is 2.39. The van der Waals surface area contributed by atoms with Crippen LogP contribution in [0.1, 0.15) is 50.7 Å². The van der Waals surface area contributed by atoms with Crippen molar-refractivity contribution < 1.29 is 64.0 Å². The van der Waals surface area contributed by atoms with Crippen molar-refractivity contribution in [3.63, 3.8) is 0 Å². The Morgan fingerprint density at radius 1 is 0.980 bits per heavy atom. The van der Waals surface area contributed by atoms with Crippen molar-refractivity contribution >= 4 is 33.6 Å². The SMILES string of the molecule is CCCCS(=O)(=O)N[C@H](COc1cccc(C(=N)N)c1)Cc1ccc(OC2CCN(C(C)=N)CC2)cc1.O=C(O)C(F)(F)F.O=C(O)C(F)(F)F. The molecular weight excluding hydrogens is 716 g/mol. The van der Waals surface area contributed by atoms with Crippen LogP contribution < -0.4 is 19.9 Å². The number of carbonyl (C=O) groups is 2. The van der Waals surface area contributed by atoms with Crippen LogP contribution in [-0.2, 0) is 26.0 Å². The highest BCUT2D eigenvalue weighted by atomic mass is 32.2. The Bertz CT molecular complexity index is 1520. The predicted octanol–water partition coefficient (Wildman–Crippen LogP) is 4.79. The van der Waals surface area contributed by atoms with E-state index in [2.05, 4.69) is 9.62 Å². The third-order valence-corrected chi connectivity index (χ3v) is 8.34. The van der Waals surface area contributed by atoms with Gasteiger partial charge in [0.1, 0.15) is 30.0 Å². The van der Waals surface area contributed by atoms with Gasteiger partial charge in [-0.2, -0.15) is 26.3 Å². The average molecular weight is 758 g/mol. The third-order valence-electron chi connectivity index (χ3n) is 6.82. The fourth-order valence-corrected chi connectivity index (χ4v) is 5.67. The maximum Gasteiger partial charge on any atom is 0.490 e. The van der Waals surface area contributed by atoms with Gasteiger partial charge in [-0.15, -0.1) is 0 Å². The maximum absolute atomic E-state index is 12.6. The molecule has 0 radical (unpaired) electrons. The van der Waals surface area contributed by atoms with E-state index in [0.29, 0.717) is 30.0 Å². The monoisotopic (exact) mass is 757 g/mol. The minimum Gasteiger partial charge on any atom is -0.492 e. The summed E-state index contributed by atoms with van der Waals surface area (Å²) in [5.41, 5.74) is 7.09. The van der Waals surface area contributed by atoms with Gasteiger partial charge in [0.15, 0.2) is 0 Å². The molecule has 0 saturated carbocycles. The zero-order valence-electron chi connectivity index (χ0n) is 27.7. The van der Waals surface area contributed by atoms with Crippen molar-refractivity contribution in [3.8, 4) is 11.5 Å². The van der Waals surface area contributed by atoms with E-state index in [1.807, 2.05) is 38.1 Å². The Morgan fingerprint density at radius 3 is 1.96 bits per heavy atom. The summed E-state index contributed by atoms with van der Waals surface area (Å²) in [6, 6.07) is 14.2. The van der Waals surface area contributed by atoms with Gasteiger partial charge in [0.2, 0.25) is 10.0 Å². The third kappa shape index (κ3) is 18.3. The molecular formula is C31H41F6N5O8S. The number of rotatable bonds is 13. The van der Waals surface area contributed by atoms with Gasteiger partial charge >= 0.3 is 24.3 Å². The van der Waals surface area contributed by atoms with Gasteiger partial charge in [0.25, 0.3) is 0 Å². The van der Waals surface area contributed by atoms with Crippen LogP contribution in [0.5, 0.6) is 11.5 Å². The lowest BCUT2D eigenvalue weighted by molar-refractivity contribution is -0.193. The first-order valence-corrected chi connectivity index (χ1v) is 16.9. The fraction of sp³-hybridized carbons (Fsp3) is 0.484. The molecule has 1 heterocycles. The Balaban J connectivity index is 0.000000780. The van der Waals surface area contributed by atoms with E-state index in [1.54, 1.807) is 24.3 Å². The number of ether oxygens (including phenoxy) is 2. The van der Waals surface area contributed by atoms with Crippen molar-refractivity contribution in [1.29, 1.82) is 10.8 Å². The summed E-state index contributed by atoms with van der Waals surface area (Å²) in [7, 11) is -3.45. The average Bonchev–Trinajstić information content (AvgIpc) is 3.03. The summed E-state index contributed by atoms with van der Waals surface area (Å²) >= 11 is 0. The second kappa shape index (κ2) is 20.3. The summed E-state index contributed by atoms with van der Waals surface area (Å²) in [6.07, 6.45) is -6.45. The van der Waals surface area contributed by atoms with Crippen LogP contribution in [0.25, 0.3) is 0 Å². The summed E-state index contributed by atoms with van der Waals surface area (Å²) in [6.45, 7) is 5.56. The molecule has 0 amide bonds. The molecule has 1 aliphatic heterocycles. The van der Waals surface area contributed by atoms with Gasteiger partial charge in [-0.1, -0.05) is 37.6 Å². The summed E-state index contributed by atoms with van der Waals surface area (Å²) in [5.74, 6) is -3.59. The largest absolute Gasteiger partial charge is 0.492 e. The molecule has 0 aliphatic carbocycles. The number of amidine groups is 2. The molecule has 3 rings (SSSR count). The number of sulfonamides is 1. The number of nitrogens with one attached hydrogen (secondary N) is 3. The van der Waals surface area contributed by atoms with Crippen LogP contribution in [0.15, 0.2) is 48.5 Å². The van der Waals surface area contributed by atoms with Gasteiger partial charge < -0.3 is 30.3 Å². The number of aliphatic carboxylic acids is 2. The molecule has 13 nitrogen and oxygen atoms in total. The lowest BCUT2D eigenvalue weighted by Crippen LogP contribution is -2.41. The quantitative estimate of drug-likeness (QED) is 0.0933. The molecule has 2 aromatic rings. The van der Waals surface area contributed by atoms with Crippen molar-refractivity contribution in [1.82, 2.24) is 9.62 Å². The molecule has 286 valence electrons. The number of hydrogen-bond donors (Lipinski definition) is 6. The number of alkyl halides is 6. The van der Waals surface area contributed by atoms with Crippen molar-refractivity contribution in [2.45, 2.75) is 70.4 Å². The van der Waals surface area contributed by atoms with E-state index in [1.165, 1.54) is 0 Å². The highest BCUT2D eigenvalue weighted by Crippen LogP contribution is 2.21. The Kier molecular flexibility index (Phi) is 17.7. The predicted molar refractivity (Wildman–Crippen MR) is 175 cm³/mol. The molecule has 0 aromatic heterocycles. The topological polar surface area (TPSA) is 216 Å². The molecule has 2 aromatic carbocycles. The molecule has 7 N–H and O–H groups in total. The number of carboxylic acid groups (broad SMARTS) is 2. The molecule has 20 heteroatoms. The second-order valence-electron chi connectivity index (χ2n) is 11.1. The normalized spacial score (nSPS) is 14.2. The molecule has 0 bridgehead atoms. The minimum atomic E-state index is -5.08.